The van der Waals surface area contributed by atoms with Gasteiger partial charge in [-0.15, -0.1) is 56.7 Å². The summed E-state index contributed by atoms with van der Waals surface area (Å²) < 4.78 is 73.8. The minimum Gasteiger partial charge on any atom is -0.504 e. The SMILES string of the molecule is CCOC(=O)CCC(=O)c1cc2cc(OCCCOc3cc4cc(C(=O)N(C)CCCOC)sc4cc3OC)c(OC)cc2s1.COCCCN(C)C(=O)c1cc2cc(O)c(OC)cc2s1.COCCCN(C)C(=O)c1cc2cc(OC)c(OC)cc2s1.COc1cc2cc(C(=O)O)sc2cc1OC. The van der Waals surface area contributed by atoms with E-state index in [1.165, 1.54) is 63.8 Å². The summed E-state index contributed by atoms with van der Waals surface area (Å²) in [5.41, 5.74) is 0. The number of phenols is 1. The van der Waals surface area contributed by atoms with E-state index >= 15 is 0 Å². The molecule has 0 radical (unpaired) electrons. The Labute approximate surface area is 623 Å². The van der Waals surface area contributed by atoms with Gasteiger partial charge in [0.25, 0.3) is 17.7 Å². The number of ketones is 1. The molecule has 104 heavy (non-hydrogen) atoms. The molecule has 560 valence electrons. The highest BCUT2D eigenvalue weighted by Crippen LogP contribution is 2.42. The number of methoxy groups -OCH3 is 10. The molecular formula is C75H89N3O21S5. The first-order valence-electron chi connectivity index (χ1n) is 32.9. The molecule has 0 unspecified atom stereocenters. The lowest BCUT2D eigenvalue weighted by atomic mass is 10.1. The van der Waals surface area contributed by atoms with Crippen molar-refractivity contribution in [3.63, 3.8) is 0 Å². The lowest BCUT2D eigenvalue weighted by Crippen LogP contribution is -2.27. The standard InChI is InChI=1S/C33H39NO9S2.C16H21NO4S.C15H19NO4S.C11H10O4S/c1-6-41-32(36)10-9-23(35)30-17-21-15-26(24(39-4)19-28(21)44-30)42-13-8-14-43-27-16-22-18-31(45-29(22)20-25(27)40-5)33(37)34(2)11-7-12-38-3;1-17(6-5-7-19-2)16(18)15-9-11-8-12(20-3)13(21-4)10-14(11)22-15;1-16(5-4-6-19-2)15(18)14-8-10-7-11(17)12(20-3)9-13(10)21-14;1-14-7-3-6-4-10(11(12)13)16-9(6)5-8(7)15-2/h15-20H,6-14H2,1-5H3;8-10H,5-7H2,1-4H3;7-9,17H,4-6H2,1-3H3;3-5H,1-2H3,(H,12,13). The van der Waals surface area contributed by atoms with E-state index in [-0.39, 0.29) is 48.1 Å². The Morgan fingerprint density at radius 3 is 1.00 bits per heavy atom. The number of esters is 1. The maximum atomic E-state index is 12.9. The topological polar surface area (TPSA) is 273 Å². The monoisotopic (exact) mass is 1530 g/mol. The van der Waals surface area contributed by atoms with Crippen LogP contribution in [0, 0.1) is 0 Å². The molecule has 0 saturated carbocycles. The summed E-state index contributed by atoms with van der Waals surface area (Å²) >= 11 is 6.86. The molecule has 0 saturated heterocycles. The molecule has 10 rings (SSSR count). The van der Waals surface area contributed by atoms with E-state index in [0.717, 1.165) is 69.7 Å². The summed E-state index contributed by atoms with van der Waals surface area (Å²) in [5, 5.41) is 23.1. The van der Waals surface area contributed by atoms with Crippen molar-refractivity contribution in [2.24, 2.45) is 0 Å². The summed E-state index contributed by atoms with van der Waals surface area (Å²) in [6, 6.07) is 27.2. The van der Waals surface area contributed by atoms with E-state index in [1.54, 1.807) is 136 Å². The predicted octanol–water partition coefficient (Wildman–Crippen LogP) is 15.0. The van der Waals surface area contributed by atoms with Crippen LogP contribution in [-0.4, -0.2) is 212 Å². The predicted molar refractivity (Wildman–Crippen MR) is 410 cm³/mol. The van der Waals surface area contributed by atoms with Gasteiger partial charge in [0, 0.05) is 149 Å². The van der Waals surface area contributed by atoms with Crippen LogP contribution >= 0.6 is 56.7 Å². The zero-order chi connectivity index (χ0) is 75.6. The van der Waals surface area contributed by atoms with Gasteiger partial charge < -0.3 is 86.5 Å². The maximum absolute atomic E-state index is 12.9. The van der Waals surface area contributed by atoms with Gasteiger partial charge in [0.1, 0.15) is 4.88 Å². The number of carbonyl (C=O) groups excluding carboxylic acids is 5. The zero-order valence-corrected chi connectivity index (χ0v) is 64.9. The molecule has 29 heteroatoms. The molecule has 5 aromatic heterocycles. The third-order valence-corrected chi connectivity index (χ3v) is 21.3. The number of hydrogen-bond donors (Lipinski definition) is 2. The van der Waals surface area contributed by atoms with Gasteiger partial charge in [-0.25, -0.2) is 4.79 Å². The highest BCUT2D eigenvalue weighted by atomic mass is 32.1. The number of rotatable bonds is 34. The van der Waals surface area contributed by atoms with Crippen LogP contribution in [0.3, 0.4) is 0 Å². The van der Waals surface area contributed by atoms with Gasteiger partial charge in [-0.1, -0.05) is 0 Å². The van der Waals surface area contributed by atoms with Gasteiger partial charge in [-0.2, -0.15) is 0 Å². The fourth-order valence-corrected chi connectivity index (χ4v) is 15.5. The number of aromatic hydroxyl groups is 1. The minimum atomic E-state index is -0.917. The molecule has 5 aromatic carbocycles. The molecule has 0 atom stereocenters. The number of nitrogens with zero attached hydrogens (tertiary/aromatic N) is 3. The second kappa shape index (κ2) is 40.7. The number of Topliss-reactive ketones (excluding diaryl/α,β-unsaturated/α-hetero) is 1. The van der Waals surface area contributed by atoms with Crippen molar-refractivity contribution in [2.75, 3.05) is 152 Å². The van der Waals surface area contributed by atoms with Crippen molar-refractivity contribution in [3.8, 4) is 57.5 Å². The number of aromatic carboxylic acids is 1. The van der Waals surface area contributed by atoms with Crippen molar-refractivity contribution >= 4 is 143 Å². The van der Waals surface area contributed by atoms with E-state index < -0.39 is 5.97 Å². The van der Waals surface area contributed by atoms with Gasteiger partial charge in [0.2, 0.25) is 0 Å². The third-order valence-electron chi connectivity index (χ3n) is 15.8. The van der Waals surface area contributed by atoms with Crippen LogP contribution in [0.5, 0.6) is 57.5 Å². The first-order valence-corrected chi connectivity index (χ1v) is 36.9. The molecule has 0 aliphatic carbocycles. The smallest absolute Gasteiger partial charge is 0.345 e. The zero-order valence-electron chi connectivity index (χ0n) is 60.8. The first kappa shape index (κ1) is 82.1. The summed E-state index contributed by atoms with van der Waals surface area (Å²) in [4.78, 5) is 80.8. The maximum Gasteiger partial charge on any atom is 0.345 e. The number of hydrogen-bond acceptors (Lipinski definition) is 25. The Balaban J connectivity index is 0.000000213. The van der Waals surface area contributed by atoms with Gasteiger partial charge in [-0.3, -0.25) is 24.0 Å². The fraction of sp³-hybridized carbons (Fsp3) is 0.387. The number of amides is 3. The molecule has 0 aliphatic heterocycles. The highest BCUT2D eigenvalue weighted by molar-refractivity contribution is 7.22. The normalized spacial score (nSPS) is 10.8. The number of carbonyl (C=O) groups is 6. The Morgan fingerprint density at radius 1 is 0.356 bits per heavy atom. The number of fused-ring (bicyclic) bond motifs is 5. The number of carboxylic acid groups (broad SMARTS) is 1. The Kier molecular flexibility index (Phi) is 32.2. The number of benzene rings is 5. The van der Waals surface area contributed by atoms with Crippen LogP contribution in [-0.2, 0) is 23.7 Å². The lowest BCUT2D eigenvalue weighted by Gasteiger charge is -2.15. The summed E-state index contributed by atoms with van der Waals surface area (Å²) in [6.07, 6.45) is 3.15. The quantitative estimate of drug-likeness (QED) is 0.0215. The second-order valence-electron chi connectivity index (χ2n) is 23.0. The van der Waals surface area contributed by atoms with E-state index in [4.69, 9.17) is 66.7 Å². The first-order chi connectivity index (χ1) is 50.1. The Hall–Kier alpha value is -9.20. The van der Waals surface area contributed by atoms with Gasteiger partial charge in [-0.05, 0) is 114 Å². The van der Waals surface area contributed by atoms with E-state index in [9.17, 15) is 33.9 Å². The number of carboxylic acids is 1. The fourth-order valence-electron chi connectivity index (χ4n) is 10.4. The van der Waals surface area contributed by atoms with Gasteiger partial charge in [0.15, 0.2) is 63.3 Å². The highest BCUT2D eigenvalue weighted by Gasteiger charge is 2.22. The van der Waals surface area contributed by atoms with Crippen LogP contribution in [0.1, 0.15) is 93.8 Å². The molecule has 10 aromatic rings. The molecule has 0 aliphatic rings. The van der Waals surface area contributed by atoms with Crippen LogP contribution in [0.4, 0.5) is 0 Å². The van der Waals surface area contributed by atoms with Gasteiger partial charge in [0.05, 0.1) is 95.5 Å². The second-order valence-corrected chi connectivity index (χ2v) is 28.4. The Morgan fingerprint density at radius 2 is 0.654 bits per heavy atom. The van der Waals surface area contributed by atoms with Crippen molar-refractivity contribution < 1.29 is 101 Å². The van der Waals surface area contributed by atoms with Crippen molar-refractivity contribution in [1.29, 1.82) is 0 Å². The van der Waals surface area contributed by atoms with E-state index in [0.29, 0.717) is 142 Å². The summed E-state index contributed by atoms with van der Waals surface area (Å²) in [6.45, 7) is 6.61. The molecule has 0 spiro atoms. The molecule has 5 heterocycles. The van der Waals surface area contributed by atoms with Crippen LogP contribution < -0.4 is 42.6 Å². The molecular weight excluding hydrogens is 1440 g/mol. The minimum absolute atomic E-state index is 0.0224. The number of phenolic OH excluding ortho intramolecular Hbond substituents is 1. The summed E-state index contributed by atoms with van der Waals surface area (Å²) in [7, 11) is 21.3. The third kappa shape index (κ3) is 22.2. The number of thiophene rings is 5. The van der Waals surface area contributed by atoms with E-state index in [1.807, 2.05) is 61.6 Å². The van der Waals surface area contributed by atoms with Crippen molar-refractivity contribution in [3.05, 3.63) is 115 Å². The van der Waals surface area contributed by atoms with Crippen LogP contribution in [0.2, 0.25) is 0 Å². The lowest BCUT2D eigenvalue weighted by molar-refractivity contribution is -0.143. The largest absolute Gasteiger partial charge is 0.504 e. The molecule has 24 nitrogen and oxygen atoms in total. The van der Waals surface area contributed by atoms with E-state index in [2.05, 4.69) is 0 Å². The molecule has 0 fully saturated rings. The van der Waals surface area contributed by atoms with Crippen molar-refractivity contribution in [2.45, 2.75) is 45.4 Å². The Bertz CT molecular complexity index is 4450. The molecule has 3 amide bonds. The van der Waals surface area contributed by atoms with Crippen LogP contribution in [0.25, 0.3) is 50.4 Å². The van der Waals surface area contributed by atoms with Crippen LogP contribution in [0.15, 0.2) is 91.0 Å². The average molecular weight is 1530 g/mol. The molecule has 2 N–H and O–H groups in total. The summed E-state index contributed by atoms with van der Waals surface area (Å²) in [5.74, 6) is 3.92. The average Bonchev–Trinajstić information content (AvgIpc) is 1.68. The van der Waals surface area contributed by atoms with Crippen molar-refractivity contribution in [1.82, 2.24) is 14.7 Å². The molecule has 0 bridgehead atoms. The number of ether oxygens (including phenoxy) is 13. The van der Waals surface area contributed by atoms with Gasteiger partial charge >= 0.3 is 11.9 Å².